The van der Waals surface area contributed by atoms with Crippen molar-refractivity contribution in [2.24, 2.45) is 0 Å². The average Bonchev–Trinajstić information content (AvgIpc) is 2.74. The fourth-order valence-corrected chi connectivity index (χ4v) is 2.43. The average molecular weight is 386 g/mol. The summed E-state index contributed by atoms with van der Waals surface area (Å²) in [7, 11) is 5.87. The standard InChI is InChI=1S/C21H22O7/c1-24-17-11-15(12-18(25-2)20(17)26-3)13-28-19(22)10-7-14-5-8-16(9-6-14)21(23)27-4/h5-12H,13H2,1-4H3/b10-7+. The lowest BCUT2D eigenvalue weighted by Crippen LogP contribution is -2.03. The number of carbonyl (C=O) groups is 2. The molecule has 0 aliphatic carbocycles. The molecule has 28 heavy (non-hydrogen) atoms. The van der Waals surface area contributed by atoms with Gasteiger partial charge in [0.15, 0.2) is 11.5 Å². The third-order valence-corrected chi connectivity index (χ3v) is 3.85. The van der Waals surface area contributed by atoms with Crippen molar-refractivity contribution in [3.63, 3.8) is 0 Å². The Bertz CT molecular complexity index is 829. The van der Waals surface area contributed by atoms with E-state index in [-0.39, 0.29) is 6.61 Å². The van der Waals surface area contributed by atoms with Gasteiger partial charge in [0.25, 0.3) is 0 Å². The fraction of sp³-hybridized carbons (Fsp3) is 0.238. The highest BCUT2D eigenvalue weighted by molar-refractivity contribution is 5.90. The maximum Gasteiger partial charge on any atom is 0.337 e. The molecule has 148 valence electrons. The first-order chi connectivity index (χ1) is 13.5. The summed E-state index contributed by atoms with van der Waals surface area (Å²) in [6.45, 7) is 0.0428. The van der Waals surface area contributed by atoms with Gasteiger partial charge in [-0.2, -0.15) is 0 Å². The Morgan fingerprint density at radius 2 is 1.50 bits per heavy atom. The van der Waals surface area contributed by atoms with Crippen molar-refractivity contribution in [3.05, 3.63) is 59.2 Å². The number of esters is 2. The monoisotopic (exact) mass is 386 g/mol. The second kappa shape index (κ2) is 10.0. The van der Waals surface area contributed by atoms with Crippen LogP contribution in [0.2, 0.25) is 0 Å². The van der Waals surface area contributed by atoms with E-state index in [1.165, 1.54) is 34.5 Å². The Balaban J connectivity index is 2.00. The second-order valence-electron chi connectivity index (χ2n) is 5.59. The lowest BCUT2D eigenvalue weighted by molar-refractivity contribution is -0.138. The van der Waals surface area contributed by atoms with Gasteiger partial charge in [0.1, 0.15) is 6.61 Å². The molecule has 0 aliphatic rings. The number of methoxy groups -OCH3 is 4. The van der Waals surface area contributed by atoms with Crippen LogP contribution in [0.25, 0.3) is 6.08 Å². The predicted molar refractivity (Wildman–Crippen MR) is 103 cm³/mol. The zero-order valence-electron chi connectivity index (χ0n) is 16.2. The van der Waals surface area contributed by atoms with Gasteiger partial charge in [-0.3, -0.25) is 0 Å². The van der Waals surface area contributed by atoms with Crippen molar-refractivity contribution in [2.75, 3.05) is 28.4 Å². The molecule has 7 heteroatoms. The zero-order valence-corrected chi connectivity index (χ0v) is 16.2. The minimum atomic E-state index is -0.509. The third-order valence-electron chi connectivity index (χ3n) is 3.85. The van der Waals surface area contributed by atoms with Crippen LogP contribution in [0.3, 0.4) is 0 Å². The quantitative estimate of drug-likeness (QED) is 0.509. The summed E-state index contributed by atoms with van der Waals surface area (Å²) >= 11 is 0. The Hall–Kier alpha value is -3.48. The van der Waals surface area contributed by atoms with E-state index in [2.05, 4.69) is 4.74 Å². The van der Waals surface area contributed by atoms with E-state index in [9.17, 15) is 9.59 Å². The summed E-state index contributed by atoms with van der Waals surface area (Å²) in [5.41, 5.74) is 1.88. The van der Waals surface area contributed by atoms with Crippen molar-refractivity contribution >= 4 is 18.0 Å². The van der Waals surface area contributed by atoms with Crippen molar-refractivity contribution in [2.45, 2.75) is 6.61 Å². The molecule has 0 heterocycles. The summed E-state index contributed by atoms with van der Waals surface area (Å²) in [6, 6.07) is 10.1. The molecule has 0 saturated carbocycles. The van der Waals surface area contributed by atoms with Crippen LogP contribution in [-0.2, 0) is 20.9 Å². The first kappa shape index (κ1) is 20.8. The van der Waals surface area contributed by atoms with Gasteiger partial charge >= 0.3 is 11.9 Å². The molecule has 0 N–H and O–H groups in total. The molecule has 2 rings (SSSR count). The van der Waals surface area contributed by atoms with E-state index in [0.29, 0.717) is 28.4 Å². The Labute approximate surface area is 163 Å². The van der Waals surface area contributed by atoms with Crippen LogP contribution in [0.15, 0.2) is 42.5 Å². The summed E-state index contributed by atoms with van der Waals surface area (Å²) < 4.78 is 25.7. The van der Waals surface area contributed by atoms with Crippen molar-refractivity contribution in [1.29, 1.82) is 0 Å². The van der Waals surface area contributed by atoms with E-state index < -0.39 is 11.9 Å². The SMILES string of the molecule is COC(=O)c1ccc(/C=C/C(=O)OCc2cc(OC)c(OC)c(OC)c2)cc1. The number of carbonyl (C=O) groups excluding carboxylic acids is 2. The smallest absolute Gasteiger partial charge is 0.337 e. The number of benzene rings is 2. The van der Waals surface area contributed by atoms with Gasteiger partial charge in [-0.1, -0.05) is 12.1 Å². The van der Waals surface area contributed by atoms with Crippen LogP contribution < -0.4 is 14.2 Å². The molecule has 0 aromatic heterocycles. The predicted octanol–water partition coefficient (Wildman–Crippen LogP) is 3.26. The fourth-order valence-electron chi connectivity index (χ4n) is 2.43. The molecular weight excluding hydrogens is 364 g/mol. The Morgan fingerprint density at radius 1 is 0.893 bits per heavy atom. The van der Waals surface area contributed by atoms with Crippen LogP contribution in [0.1, 0.15) is 21.5 Å². The third kappa shape index (κ3) is 5.26. The van der Waals surface area contributed by atoms with Gasteiger partial charge in [0.2, 0.25) is 5.75 Å². The molecule has 0 amide bonds. The van der Waals surface area contributed by atoms with Crippen molar-refractivity contribution in [1.82, 2.24) is 0 Å². The molecule has 2 aromatic rings. The van der Waals surface area contributed by atoms with E-state index in [1.807, 2.05) is 0 Å². The summed E-state index contributed by atoms with van der Waals surface area (Å²) in [6.07, 6.45) is 2.91. The van der Waals surface area contributed by atoms with Gasteiger partial charge in [-0.15, -0.1) is 0 Å². The van der Waals surface area contributed by atoms with E-state index in [0.717, 1.165) is 5.56 Å². The topological polar surface area (TPSA) is 80.3 Å². The lowest BCUT2D eigenvalue weighted by Gasteiger charge is -2.14. The highest BCUT2D eigenvalue weighted by Gasteiger charge is 2.13. The first-order valence-corrected chi connectivity index (χ1v) is 8.34. The van der Waals surface area contributed by atoms with Gasteiger partial charge < -0.3 is 23.7 Å². The number of rotatable bonds is 8. The number of ether oxygens (including phenoxy) is 5. The van der Waals surface area contributed by atoms with Crippen molar-refractivity contribution < 1.29 is 33.3 Å². The molecule has 0 radical (unpaired) electrons. The molecule has 7 nitrogen and oxygen atoms in total. The molecule has 0 spiro atoms. The molecular formula is C21H22O7. The highest BCUT2D eigenvalue weighted by Crippen LogP contribution is 2.38. The van der Waals surface area contributed by atoms with Gasteiger partial charge in [-0.05, 0) is 41.5 Å². The molecule has 0 unspecified atom stereocenters. The number of hydrogen-bond acceptors (Lipinski definition) is 7. The van der Waals surface area contributed by atoms with E-state index >= 15 is 0 Å². The van der Waals surface area contributed by atoms with Gasteiger partial charge in [0, 0.05) is 6.08 Å². The van der Waals surface area contributed by atoms with E-state index in [1.54, 1.807) is 42.5 Å². The zero-order chi connectivity index (χ0) is 20.5. The summed E-state index contributed by atoms with van der Waals surface area (Å²) in [5.74, 6) is 0.504. The largest absolute Gasteiger partial charge is 0.493 e. The van der Waals surface area contributed by atoms with Crippen LogP contribution in [-0.4, -0.2) is 40.4 Å². The normalized spacial score (nSPS) is 10.4. The van der Waals surface area contributed by atoms with Gasteiger partial charge in [0.05, 0.1) is 34.0 Å². The number of hydrogen-bond donors (Lipinski definition) is 0. The summed E-state index contributed by atoms with van der Waals surface area (Å²) in [4.78, 5) is 23.4. The Kier molecular flexibility index (Phi) is 7.45. The van der Waals surface area contributed by atoms with Crippen LogP contribution in [0, 0.1) is 0 Å². The molecule has 0 fully saturated rings. The maximum absolute atomic E-state index is 12.0. The molecule has 0 atom stereocenters. The minimum absolute atomic E-state index is 0.0428. The van der Waals surface area contributed by atoms with Crippen molar-refractivity contribution in [3.8, 4) is 17.2 Å². The lowest BCUT2D eigenvalue weighted by atomic mass is 10.1. The molecule has 0 bridgehead atoms. The Morgan fingerprint density at radius 3 is 2.00 bits per heavy atom. The van der Waals surface area contributed by atoms with Crippen LogP contribution in [0.4, 0.5) is 0 Å². The molecule has 0 aliphatic heterocycles. The minimum Gasteiger partial charge on any atom is -0.493 e. The first-order valence-electron chi connectivity index (χ1n) is 8.34. The maximum atomic E-state index is 12.0. The highest BCUT2D eigenvalue weighted by atomic mass is 16.5. The van der Waals surface area contributed by atoms with Crippen LogP contribution >= 0.6 is 0 Å². The molecule has 0 saturated heterocycles. The summed E-state index contributed by atoms with van der Waals surface area (Å²) in [5, 5.41) is 0. The van der Waals surface area contributed by atoms with E-state index in [4.69, 9.17) is 18.9 Å². The van der Waals surface area contributed by atoms with Crippen LogP contribution in [0.5, 0.6) is 17.2 Å². The molecule has 2 aromatic carbocycles. The second-order valence-corrected chi connectivity index (χ2v) is 5.59. The van der Waals surface area contributed by atoms with Gasteiger partial charge in [-0.25, -0.2) is 9.59 Å².